The number of terminal acetylenes is 1. The summed E-state index contributed by atoms with van der Waals surface area (Å²) in [6, 6.07) is 11.0. The number of methoxy groups -OCH3 is 1. The molecule has 0 unspecified atom stereocenters. The van der Waals surface area contributed by atoms with E-state index in [1.54, 1.807) is 32.9 Å². The van der Waals surface area contributed by atoms with Crippen LogP contribution in [-0.4, -0.2) is 249 Å². The molecule has 26 nitrogen and oxygen atoms in total. The Kier molecular flexibility index (Phi) is 30.6. The second-order valence-electron chi connectivity index (χ2n) is 23.0. The molecular formula is C63H84F2IN11O15. The van der Waals surface area contributed by atoms with Crippen molar-refractivity contribution in [1.29, 1.82) is 0 Å². The fourth-order valence-corrected chi connectivity index (χ4v) is 11.5. The number of ether oxygens (including phenoxy) is 4. The van der Waals surface area contributed by atoms with Gasteiger partial charge in [-0.3, -0.25) is 72.5 Å². The van der Waals surface area contributed by atoms with Crippen molar-refractivity contribution in [1.82, 2.24) is 55.7 Å². The number of hydrogen-bond donors (Lipinski definition) is 5. The molecule has 2 aromatic carbocycles. The van der Waals surface area contributed by atoms with E-state index in [1.165, 1.54) is 19.4 Å². The summed E-state index contributed by atoms with van der Waals surface area (Å²) >= 11 is 2.24. The zero-order chi connectivity index (χ0) is 66.4. The van der Waals surface area contributed by atoms with E-state index in [0.29, 0.717) is 127 Å². The van der Waals surface area contributed by atoms with Gasteiger partial charge in [0.05, 0.1) is 63.4 Å². The fourth-order valence-electron chi connectivity index (χ4n) is 11.2. The summed E-state index contributed by atoms with van der Waals surface area (Å²) in [6.45, 7) is 2.16. The highest BCUT2D eigenvalue weighted by molar-refractivity contribution is 14.1. The van der Waals surface area contributed by atoms with Crippen LogP contribution >= 0.6 is 22.6 Å². The molecule has 3 aromatic rings. The molecule has 4 heterocycles. The molecule has 6 rings (SSSR count). The van der Waals surface area contributed by atoms with Crippen molar-refractivity contribution in [3.63, 3.8) is 0 Å². The number of carbonyl (C=O) groups excluding carboxylic acids is 9. The number of rotatable bonds is 33. The first-order valence-electron chi connectivity index (χ1n) is 30.9. The Bertz CT molecular complexity index is 3010. The van der Waals surface area contributed by atoms with Crippen LogP contribution in [0.3, 0.4) is 0 Å². The number of nitrogens with one attached hydrogen (secondary N) is 4. The van der Waals surface area contributed by atoms with E-state index in [2.05, 4.69) is 54.8 Å². The Balaban J connectivity index is 1.05. The number of esters is 1. The molecule has 3 saturated heterocycles. The molecule has 0 aliphatic carbocycles. The van der Waals surface area contributed by atoms with Crippen LogP contribution < -0.4 is 26.0 Å². The minimum Gasteiger partial charge on any atom is -0.494 e. The minimum atomic E-state index is -3.12. The number of aryl methyl sites for hydroxylation is 1. The molecule has 502 valence electrons. The number of fused-ring (bicyclic) bond motifs is 1. The first-order valence-corrected chi connectivity index (χ1v) is 32.0. The second-order valence-corrected chi connectivity index (χ2v) is 24.2. The first-order chi connectivity index (χ1) is 44.3. The summed E-state index contributed by atoms with van der Waals surface area (Å²) in [4.78, 5) is 143. The number of carboxylic acid groups (broad SMARTS) is 1. The van der Waals surface area contributed by atoms with Crippen molar-refractivity contribution in [3.8, 4) is 18.1 Å². The molecular weight excluding hydrogens is 1320 g/mol. The van der Waals surface area contributed by atoms with Crippen molar-refractivity contribution in [3.05, 3.63) is 69.4 Å². The molecule has 5 N–H and O–H groups in total. The fraction of sp³-hybridized carbons (Fsp3) is 0.571. The lowest BCUT2D eigenvalue weighted by Gasteiger charge is -2.35. The highest BCUT2D eigenvalue weighted by Gasteiger charge is 2.46. The van der Waals surface area contributed by atoms with Crippen LogP contribution in [0.2, 0.25) is 0 Å². The lowest BCUT2D eigenvalue weighted by Crippen LogP contribution is -2.56. The maximum atomic E-state index is 14.5. The summed E-state index contributed by atoms with van der Waals surface area (Å²) in [5.41, 5.74) is 1.81. The number of aliphatic carboxylic acids is 1. The van der Waals surface area contributed by atoms with Gasteiger partial charge in [-0.05, 0) is 128 Å². The first kappa shape index (κ1) is 73.4. The molecule has 6 amide bonds. The van der Waals surface area contributed by atoms with Gasteiger partial charge >= 0.3 is 11.9 Å². The number of carboxylic acids is 1. The summed E-state index contributed by atoms with van der Waals surface area (Å²) in [5, 5.41) is 21.3. The minimum absolute atomic E-state index is 0.0414. The number of alkyl halides is 2. The normalized spacial score (nSPS) is 17.8. The Hall–Kier alpha value is -7.66. The quantitative estimate of drug-likeness (QED) is 0.0146. The van der Waals surface area contributed by atoms with E-state index in [-0.39, 0.29) is 76.5 Å². The average molecular weight is 1400 g/mol. The second kappa shape index (κ2) is 38.4. The van der Waals surface area contributed by atoms with E-state index in [1.807, 2.05) is 34.1 Å². The number of hydrogen-bond acceptors (Lipinski definition) is 19. The van der Waals surface area contributed by atoms with Crippen molar-refractivity contribution in [2.24, 2.45) is 5.92 Å². The lowest BCUT2D eigenvalue weighted by molar-refractivity contribution is -0.147. The molecule has 0 radical (unpaired) electrons. The van der Waals surface area contributed by atoms with Gasteiger partial charge in [-0.2, -0.15) is 0 Å². The van der Waals surface area contributed by atoms with E-state index >= 15 is 0 Å². The zero-order valence-corrected chi connectivity index (χ0v) is 54.0. The van der Waals surface area contributed by atoms with Crippen LogP contribution in [0.4, 0.5) is 8.78 Å². The number of halogens is 3. The Morgan fingerprint density at radius 1 is 0.793 bits per heavy atom. The van der Waals surface area contributed by atoms with Gasteiger partial charge in [0.2, 0.25) is 29.5 Å². The molecule has 0 saturated carbocycles. The number of piperidine rings is 1. The molecule has 3 aliphatic rings. The van der Waals surface area contributed by atoms with Gasteiger partial charge in [-0.15, -0.1) is 6.42 Å². The van der Waals surface area contributed by atoms with Gasteiger partial charge in [-0.1, -0.05) is 18.1 Å². The van der Waals surface area contributed by atoms with Crippen LogP contribution in [0, 0.1) is 21.8 Å². The van der Waals surface area contributed by atoms with E-state index in [0.717, 1.165) is 26.9 Å². The number of pyridine rings is 1. The molecule has 1 aromatic heterocycles. The predicted octanol–water partition coefficient (Wildman–Crippen LogP) is 2.25. The number of benzene rings is 2. The van der Waals surface area contributed by atoms with Gasteiger partial charge in [0.1, 0.15) is 31.3 Å². The van der Waals surface area contributed by atoms with Crippen LogP contribution in [-0.2, 0) is 63.8 Å². The topological polar surface area (TPSA) is 308 Å². The number of unbranched alkanes of at least 4 members (excludes halogenated alkanes) is 1. The van der Waals surface area contributed by atoms with E-state index in [4.69, 9.17) is 25.4 Å². The summed E-state index contributed by atoms with van der Waals surface area (Å²) in [5.74, 6) is -5.33. The Morgan fingerprint density at radius 3 is 2.08 bits per heavy atom. The zero-order valence-electron chi connectivity index (χ0n) is 51.9. The molecule has 92 heavy (non-hydrogen) atoms. The Labute approximate surface area is 547 Å². The summed E-state index contributed by atoms with van der Waals surface area (Å²) < 4.78 is 50.3. The molecule has 0 spiro atoms. The van der Waals surface area contributed by atoms with Crippen molar-refractivity contribution in [2.75, 3.05) is 125 Å². The lowest BCUT2D eigenvalue weighted by atomic mass is 9.92. The van der Waals surface area contributed by atoms with Gasteiger partial charge in [0.25, 0.3) is 24.8 Å². The smallest absolute Gasteiger partial charge is 0.317 e. The number of aromatic nitrogens is 1. The third-order valence-corrected chi connectivity index (χ3v) is 17.0. The standard InChI is InChI=1S/C63H84F2IN11O15/c1-3-48-36-63(64,65)40-77(48)57(82)37-69-60(86)50-18-22-67-52-17-16-49(34-51(50)52)92-33-7-9-46-19-23-76(24-20-46)62(88)54(35-59(85)89-2)71-61(87)53(10-4-5-21-68-55(80)11-6-8-45-12-14-47(66)15-13-45)70-56(81)38-72-25-26-73(39-58(83)84)28-30-75(42-91-44-79)32-31-74(29-27-72)41-90-43-78/h1,12-18,22,34,43-44,46,48,53-54H,4-11,19-21,23-33,35-42H2,2H3,(H,68,80)(H,69,86)(H,70,81)(H,71,87)(H,83,84)/t48-,53-,54-/m0/s1. The van der Waals surface area contributed by atoms with Crippen LogP contribution in [0.15, 0.2) is 54.7 Å². The van der Waals surface area contributed by atoms with Crippen LogP contribution in [0.5, 0.6) is 5.75 Å². The highest BCUT2D eigenvalue weighted by atomic mass is 127. The van der Waals surface area contributed by atoms with E-state index < -0.39 is 91.5 Å². The molecule has 3 aliphatic heterocycles. The highest BCUT2D eigenvalue weighted by Crippen LogP contribution is 2.32. The van der Waals surface area contributed by atoms with Crippen molar-refractivity contribution < 1.29 is 80.8 Å². The van der Waals surface area contributed by atoms with Gasteiger partial charge in [0.15, 0.2) is 0 Å². The summed E-state index contributed by atoms with van der Waals surface area (Å²) in [7, 11) is 1.17. The van der Waals surface area contributed by atoms with Gasteiger partial charge < -0.3 is 55.1 Å². The largest absolute Gasteiger partial charge is 0.494 e. The van der Waals surface area contributed by atoms with Crippen LogP contribution in [0.25, 0.3) is 10.9 Å². The maximum absolute atomic E-state index is 14.5. The summed E-state index contributed by atoms with van der Waals surface area (Å²) in [6.07, 6.45) is 10.9. The number of likely N-dealkylation sites (tertiary alicyclic amines) is 2. The van der Waals surface area contributed by atoms with Gasteiger partial charge in [0, 0.05) is 100.0 Å². The van der Waals surface area contributed by atoms with Crippen molar-refractivity contribution >= 4 is 93.8 Å². The van der Waals surface area contributed by atoms with Crippen molar-refractivity contribution in [2.45, 2.75) is 101 Å². The molecule has 0 bridgehead atoms. The monoisotopic (exact) mass is 1400 g/mol. The molecule has 29 heteroatoms. The number of amides is 6. The van der Waals surface area contributed by atoms with Crippen LogP contribution in [0.1, 0.15) is 86.6 Å². The van der Waals surface area contributed by atoms with Gasteiger partial charge in [-0.25, -0.2) is 8.78 Å². The number of nitrogens with zero attached hydrogens (tertiary/aromatic N) is 7. The third kappa shape index (κ3) is 25.1. The third-order valence-electron chi connectivity index (χ3n) is 16.3. The maximum Gasteiger partial charge on any atom is 0.317 e. The Morgan fingerprint density at radius 2 is 1.45 bits per heavy atom. The SMILES string of the molecule is C#C[C@H]1CC(F)(F)CN1C(=O)CNC(=O)c1ccnc2ccc(OCCCC3CCN(C(=O)[C@H](CC(=O)OC)NC(=O)[C@H](CCCCNC(=O)CCCc4ccc(I)cc4)NC(=O)CN4CCN(COC=O)CCN(COC=O)CCN(CC(=O)O)CC4)CC3)cc12. The molecule has 3 atom stereocenters. The number of carbonyl (C=O) groups is 10. The predicted molar refractivity (Wildman–Crippen MR) is 339 cm³/mol. The average Bonchev–Trinajstić information content (AvgIpc) is 1.32. The molecule has 3 fully saturated rings. The van der Waals surface area contributed by atoms with E-state index in [9.17, 15) is 61.8 Å².